The van der Waals surface area contributed by atoms with Gasteiger partial charge in [-0.05, 0) is 19.9 Å². The van der Waals surface area contributed by atoms with Gasteiger partial charge in [-0.3, -0.25) is 0 Å². The lowest BCUT2D eigenvalue weighted by molar-refractivity contribution is 0.119. The Bertz CT molecular complexity index is 957. The van der Waals surface area contributed by atoms with E-state index in [0.717, 1.165) is 54.8 Å². The van der Waals surface area contributed by atoms with E-state index in [1.54, 1.807) is 12.4 Å². The first-order valence-corrected chi connectivity index (χ1v) is 9.00. The van der Waals surface area contributed by atoms with Gasteiger partial charge < -0.3 is 20.1 Å². The molecule has 2 fully saturated rings. The van der Waals surface area contributed by atoms with Crippen LogP contribution in [0.2, 0.25) is 0 Å². The van der Waals surface area contributed by atoms with Crippen molar-refractivity contribution >= 4 is 41.0 Å². The molecule has 0 radical (unpaired) electrons. The van der Waals surface area contributed by atoms with Crippen molar-refractivity contribution in [3.05, 3.63) is 30.9 Å². The van der Waals surface area contributed by atoms with Crippen LogP contribution >= 0.6 is 12.4 Å². The maximum Gasteiger partial charge on any atom is 0.227 e. The predicted molar refractivity (Wildman–Crippen MR) is 108 cm³/mol. The number of hydrogen-bond acceptors (Lipinski definition) is 7. The fraction of sp³-hybridized carbons (Fsp3) is 0.444. The fourth-order valence-electron chi connectivity index (χ4n) is 3.72. The van der Waals surface area contributed by atoms with E-state index in [1.807, 2.05) is 18.5 Å². The van der Waals surface area contributed by atoms with Crippen LogP contribution in [0.15, 0.2) is 30.9 Å². The Labute approximate surface area is 163 Å². The number of nitrogens with zero attached hydrogens (tertiary/aromatic N) is 6. The summed E-state index contributed by atoms with van der Waals surface area (Å²) in [7, 11) is 0. The summed E-state index contributed by atoms with van der Waals surface area (Å²) in [6, 6.07) is 4.24. The van der Waals surface area contributed by atoms with Crippen LogP contribution in [-0.2, 0) is 0 Å². The Balaban J connectivity index is 0.00000180. The Morgan fingerprint density at radius 2 is 1.96 bits per heavy atom. The molecule has 142 valence electrons. The van der Waals surface area contributed by atoms with Crippen molar-refractivity contribution in [3.63, 3.8) is 0 Å². The van der Waals surface area contributed by atoms with Crippen LogP contribution in [0.5, 0.6) is 0 Å². The molecule has 3 aromatic rings. The minimum absolute atomic E-state index is 0. The quantitative estimate of drug-likeness (QED) is 0.712. The van der Waals surface area contributed by atoms with E-state index in [4.69, 9.17) is 0 Å². The zero-order chi connectivity index (χ0) is 17.7. The lowest BCUT2D eigenvalue weighted by Gasteiger charge is -2.55. The summed E-state index contributed by atoms with van der Waals surface area (Å²) in [4.78, 5) is 20.2. The summed E-state index contributed by atoms with van der Waals surface area (Å²) in [6.07, 6.45) is 5.45. The Kier molecular flexibility index (Phi) is 4.39. The molecule has 8 nitrogen and oxygen atoms in total. The molecule has 0 saturated carbocycles. The summed E-state index contributed by atoms with van der Waals surface area (Å²) >= 11 is 0. The summed E-state index contributed by atoms with van der Waals surface area (Å²) in [6.45, 7) is 8.55. The molecule has 2 aliphatic heterocycles. The van der Waals surface area contributed by atoms with Crippen LogP contribution in [0.25, 0.3) is 11.0 Å². The zero-order valence-corrected chi connectivity index (χ0v) is 16.2. The third-order valence-electron chi connectivity index (χ3n) is 5.25. The first kappa shape index (κ1) is 17.9. The molecule has 0 atom stereocenters. The standard InChI is InChI=1S/C18H22N8.ClH/c1-12(2)26-11-22-13-6-21-16(5-14(13)26)23-15-3-4-20-17(24-15)25-9-18(10-25)7-19-8-18;/h3-6,11-12,19H,7-10H2,1-2H3,(H,20,21,23,24);1H. The third-order valence-corrected chi connectivity index (χ3v) is 5.25. The van der Waals surface area contributed by atoms with Gasteiger partial charge in [-0.1, -0.05) is 0 Å². The molecule has 0 aromatic carbocycles. The first-order chi connectivity index (χ1) is 12.6. The molecule has 2 N–H and O–H groups in total. The number of rotatable bonds is 4. The van der Waals surface area contributed by atoms with Gasteiger partial charge in [-0.15, -0.1) is 12.4 Å². The minimum atomic E-state index is 0. The predicted octanol–water partition coefficient (Wildman–Crippen LogP) is 2.38. The SMILES string of the molecule is CC(C)n1cnc2cnc(Nc3ccnc(N4CC5(CNC5)C4)n3)cc21.Cl. The van der Waals surface area contributed by atoms with E-state index < -0.39 is 0 Å². The highest BCUT2D eigenvalue weighted by Crippen LogP contribution is 2.36. The number of nitrogens with one attached hydrogen (secondary N) is 2. The number of imidazole rings is 1. The molecule has 0 aliphatic carbocycles. The van der Waals surface area contributed by atoms with Crippen molar-refractivity contribution in [2.75, 3.05) is 36.4 Å². The molecule has 9 heteroatoms. The summed E-state index contributed by atoms with van der Waals surface area (Å²) in [5.41, 5.74) is 2.41. The van der Waals surface area contributed by atoms with Crippen molar-refractivity contribution in [3.8, 4) is 0 Å². The lowest BCUT2D eigenvalue weighted by Crippen LogP contribution is -2.71. The minimum Gasteiger partial charge on any atom is -0.339 e. The van der Waals surface area contributed by atoms with E-state index in [1.165, 1.54) is 0 Å². The summed E-state index contributed by atoms with van der Waals surface area (Å²) < 4.78 is 2.14. The number of hydrogen-bond donors (Lipinski definition) is 2. The van der Waals surface area contributed by atoms with Gasteiger partial charge in [-0.2, -0.15) is 4.98 Å². The molecule has 0 unspecified atom stereocenters. The third kappa shape index (κ3) is 3.08. The number of aromatic nitrogens is 5. The van der Waals surface area contributed by atoms with Crippen LogP contribution in [0.4, 0.5) is 17.6 Å². The van der Waals surface area contributed by atoms with E-state index in [2.05, 4.69) is 53.9 Å². The lowest BCUT2D eigenvalue weighted by atomic mass is 9.75. The maximum absolute atomic E-state index is 4.66. The molecule has 3 aromatic heterocycles. The highest BCUT2D eigenvalue weighted by Gasteiger charge is 2.48. The Morgan fingerprint density at radius 3 is 2.67 bits per heavy atom. The van der Waals surface area contributed by atoms with Crippen molar-refractivity contribution < 1.29 is 0 Å². The molecular weight excluding hydrogens is 364 g/mol. The van der Waals surface area contributed by atoms with Crippen LogP contribution < -0.4 is 15.5 Å². The molecule has 5 rings (SSSR count). The van der Waals surface area contributed by atoms with Crippen LogP contribution in [0.3, 0.4) is 0 Å². The topological polar surface area (TPSA) is 83.8 Å². The molecule has 27 heavy (non-hydrogen) atoms. The molecule has 1 spiro atoms. The highest BCUT2D eigenvalue weighted by molar-refractivity contribution is 5.85. The van der Waals surface area contributed by atoms with Gasteiger partial charge in [0, 0.05) is 49.9 Å². The summed E-state index contributed by atoms with van der Waals surface area (Å²) in [5.74, 6) is 2.29. The van der Waals surface area contributed by atoms with Crippen molar-refractivity contribution in [2.45, 2.75) is 19.9 Å². The van der Waals surface area contributed by atoms with Crippen LogP contribution in [0.1, 0.15) is 19.9 Å². The van der Waals surface area contributed by atoms with Gasteiger partial charge >= 0.3 is 0 Å². The van der Waals surface area contributed by atoms with Crippen LogP contribution in [0, 0.1) is 5.41 Å². The second-order valence-electron chi connectivity index (χ2n) is 7.63. The second kappa shape index (κ2) is 6.61. The molecule has 5 heterocycles. The van der Waals surface area contributed by atoms with Crippen molar-refractivity contribution in [2.24, 2.45) is 5.41 Å². The van der Waals surface area contributed by atoms with Gasteiger partial charge in [0.1, 0.15) is 17.2 Å². The van der Waals surface area contributed by atoms with E-state index in [-0.39, 0.29) is 12.4 Å². The normalized spacial score (nSPS) is 17.5. The molecule has 0 amide bonds. The monoisotopic (exact) mass is 386 g/mol. The smallest absolute Gasteiger partial charge is 0.227 e. The zero-order valence-electron chi connectivity index (χ0n) is 15.4. The number of halogens is 1. The van der Waals surface area contributed by atoms with Gasteiger partial charge in [0.2, 0.25) is 5.95 Å². The fourth-order valence-corrected chi connectivity index (χ4v) is 3.72. The van der Waals surface area contributed by atoms with Gasteiger partial charge in [0.25, 0.3) is 0 Å². The second-order valence-corrected chi connectivity index (χ2v) is 7.63. The molecular formula is C18H23ClN8. The average molecular weight is 387 g/mol. The first-order valence-electron chi connectivity index (χ1n) is 9.00. The number of anilines is 3. The summed E-state index contributed by atoms with van der Waals surface area (Å²) in [5, 5.41) is 6.65. The Morgan fingerprint density at radius 1 is 1.15 bits per heavy atom. The number of fused-ring (bicyclic) bond motifs is 1. The molecule has 0 bridgehead atoms. The largest absolute Gasteiger partial charge is 0.339 e. The van der Waals surface area contributed by atoms with E-state index in [9.17, 15) is 0 Å². The highest BCUT2D eigenvalue weighted by atomic mass is 35.5. The van der Waals surface area contributed by atoms with Gasteiger partial charge in [0.15, 0.2) is 0 Å². The maximum atomic E-state index is 4.66. The Hall–Kier alpha value is -2.45. The van der Waals surface area contributed by atoms with Crippen molar-refractivity contribution in [1.82, 2.24) is 29.8 Å². The van der Waals surface area contributed by atoms with Crippen molar-refractivity contribution in [1.29, 1.82) is 0 Å². The van der Waals surface area contributed by atoms with E-state index in [0.29, 0.717) is 11.5 Å². The van der Waals surface area contributed by atoms with E-state index >= 15 is 0 Å². The van der Waals surface area contributed by atoms with Crippen LogP contribution in [-0.4, -0.2) is 50.7 Å². The number of pyridine rings is 1. The van der Waals surface area contributed by atoms with Gasteiger partial charge in [-0.25, -0.2) is 15.0 Å². The average Bonchev–Trinajstić information content (AvgIpc) is 2.96. The molecule has 2 aliphatic rings. The van der Waals surface area contributed by atoms with Gasteiger partial charge in [0.05, 0.1) is 18.0 Å². The molecule has 2 saturated heterocycles.